The van der Waals surface area contributed by atoms with E-state index in [0.29, 0.717) is 0 Å². The SMILES string of the molecule is Cc1cccc(C)c1-n1c(C)cc([C@H]2[C@@H](c3ccccn3)NC(=S)N2CCN2CCOCC2)c1C. The van der Waals surface area contributed by atoms with Gasteiger partial charge in [-0.05, 0) is 74.8 Å². The molecule has 6 nitrogen and oxygen atoms in total. The number of hydrogen-bond donors (Lipinski definition) is 1. The van der Waals surface area contributed by atoms with Crippen molar-refractivity contribution >= 4 is 17.3 Å². The van der Waals surface area contributed by atoms with Gasteiger partial charge in [0.1, 0.15) is 0 Å². The van der Waals surface area contributed by atoms with E-state index >= 15 is 0 Å². The van der Waals surface area contributed by atoms with Crippen LogP contribution in [0.15, 0.2) is 48.7 Å². The quantitative estimate of drug-likeness (QED) is 0.518. The van der Waals surface area contributed by atoms with Gasteiger partial charge in [-0.15, -0.1) is 0 Å². The van der Waals surface area contributed by atoms with Crippen LogP contribution in [-0.2, 0) is 4.74 Å². The van der Waals surface area contributed by atoms with E-state index in [4.69, 9.17) is 21.9 Å². The summed E-state index contributed by atoms with van der Waals surface area (Å²) in [5.74, 6) is 0. The van der Waals surface area contributed by atoms with Gasteiger partial charge < -0.3 is 19.5 Å². The highest BCUT2D eigenvalue weighted by molar-refractivity contribution is 7.80. The molecule has 1 aromatic carbocycles. The third-order valence-electron chi connectivity index (χ3n) is 7.41. The number of morpholine rings is 1. The second-order valence-electron chi connectivity index (χ2n) is 9.68. The Balaban J connectivity index is 1.55. The third-order valence-corrected chi connectivity index (χ3v) is 7.76. The number of nitrogens with one attached hydrogen (secondary N) is 1. The second kappa shape index (κ2) is 10.1. The lowest BCUT2D eigenvalue weighted by molar-refractivity contribution is 0.0350. The summed E-state index contributed by atoms with van der Waals surface area (Å²) in [6.45, 7) is 14.2. The highest BCUT2D eigenvalue weighted by Crippen LogP contribution is 2.41. The Labute approximate surface area is 213 Å². The molecule has 3 aromatic rings. The van der Waals surface area contributed by atoms with Crippen molar-refractivity contribution in [2.24, 2.45) is 0 Å². The van der Waals surface area contributed by atoms with Crippen LogP contribution in [0.1, 0.15) is 45.9 Å². The van der Waals surface area contributed by atoms with Crippen LogP contribution in [0.4, 0.5) is 0 Å². The molecule has 0 spiro atoms. The first-order chi connectivity index (χ1) is 17.0. The van der Waals surface area contributed by atoms with Gasteiger partial charge in [0, 0.05) is 43.8 Å². The lowest BCUT2D eigenvalue weighted by atomic mass is 9.96. The number of thiocarbonyl (C=S) groups is 1. The van der Waals surface area contributed by atoms with Crippen LogP contribution < -0.4 is 5.32 Å². The maximum Gasteiger partial charge on any atom is 0.170 e. The summed E-state index contributed by atoms with van der Waals surface area (Å²) in [6, 6.07) is 15.1. The molecule has 2 aliphatic heterocycles. The van der Waals surface area contributed by atoms with E-state index in [1.165, 1.54) is 33.8 Å². The summed E-state index contributed by atoms with van der Waals surface area (Å²) in [5, 5.41) is 4.42. The Morgan fingerprint density at radius 1 is 1.00 bits per heavy atom. The minimum atomic E-state index is 0.000284. The average Bonchev–Trinajstić information content (AvgIpc) is 3.34. The van der Waals surface area contributed by atoms with Crippen molar-refractivity contribution in [2.75, 3.05) is 39.4 Å². The second-order valence-corrected chi connectivity index (χ2v) is 10.1. The molecule has 4 heterocycles. The maximum atomic E-state index is 5.92. The van der Waals surface area contributed by atoms with E-state index in [0.717, 1.165) is 50.2 Å². The average molecular weight is 490 g/mol. The molecule has 1 N–H and O–H groups in total. The van der Waals surface area contributed by atoms with Crippen LogP contribution in [0.3, 0.4) is 0 Å². The molecule has 5 rings (SSSR count). The standard InChI is InChI=1S/C28H35N5OS/c1-19-8-7-9-20(2)26(19)33-21(3)18-23(22(33)4)27-25(24-10-5-6-11-29-24)30-28(35)32(27)13-12-31-14-16-34-17-15-31/h5-11,18,25,27H,12-17H2,1-4H3,(H,30,35)/t25-,27+/m1/s1. The normalized spacial score (nSPS) is 20.9. The summed E-state index contributed by atoms with van der Waals surface area (Å²) in [4.78, 5) is 9.56. The number of aromatic nitrogens is 2. The first-order valence-electron chi connectivity index (χ1n) is 12.5. The predicted octanol–water partition coefficient (Wildman–Crippen LogP) is 4.41. The fraction of sp³-hybridized carbons (Fsp3) is 0.429. The van der Waals surface area contributed by atoms with Crippen molar-refractivity contribution in [1.82, 2.24) is 24.7 Å². The number of pyridine rings is 1. The highest BCUT2D eigenvalue weighted by Gasteiger charge is 2.41. The molecule has 0 unspecified atom stereocenters. The molecule has 0 saturated carbocycles. The third kappa shape index (κ3) is 4.60. The van der Waals surface area contributed by atoms with Crippen LogP contribution in [-0.4, -0.2) is 63.9 Å². The van der Waals surface area contributed by atoms with Crippen LogP contribution in [0.5, 0.6) is 0 Å². The Morgan fingerprint density at radius 2 is 1.74 bits per heavy atom. The lowest BCUT2D eigenvalue weighted by Gasteiger charge is -2.32. The van der Waals surface area contributed by atoms with Gasteiger partial charge in [-0.2, -0.15) is 0 Å². The molecule has 2 atom stereocenters. The van der Waals surface area contributed by atoms with Crippen molar-refractivity contribution in [1.29, 1.82) is 0 Å². The Hall–Kier alpha value is -2.74. The minimum Gasteiger partial charge on any atom is -0.379 e. The first-order valence-corrected chi connectivity index (χ1v) is 12.9. The molecule has 0 radical (unpaired) electrons. The minimum absolute atomic E-state index is 0.000284. The molecule has 184 valence electrons. The molecular formula is C28H35N5OS. The Bertz CT molecular complexity index is 1180. The molecule has 0 aliphatic carbocycles. The van der Waals surface area contributed by atoms with Crippen molar-refractivity contribution in [2.45, 2.75) is 39.8 Å². The van der Waals surface area contributed by atoms with E-state index in [1.54, 1.807) is 0 Å². The van der Waals surface area contributed by atoms with Crippen molar-refractivity contribution < 1.29 is 4.74 Å². The van der Waals surface area contributed by atoms with Gasteiger partial charge in [0.05, 0.1) is 36.7 Å². The van der Waals surface area contributed by atoms with Gasteiger partial charge >= 0.3 is 0 Å². The fourth-order valence-electron chi connectivity index (χ4n) is 5.65. The summed E-state index contributed by atoms with van der Waals surface area (Å²) in [5.41, 5.74) is 8.65. The number of rotatable bonds is 6. The van der Waals surface area contributed by atoms with Crippen molar-refractivity contribution in [3.8, 4) is 5.69 Å². The maximum absolute atomic E-state index is 5.92. The van der Waals surface area contributed by atoms with E-state index in [1.807, 2.05) is 12.3 Å². The molecule has 2 fully saturated rings. The van der Waals surface area contributed by atoms with Crippen LogP contribution in [0.25, 0.3) is 5.69 Å². The number of hydrogen-bond acceptors (Lipinski definition) is 4. The summed E-state index contributed by atoms with van der Waals surface area (Å²) in [6.07, 6.45) is 1.87. The topological polar surface area (TPSA) is 45.6 Å². The van der Waals surface area contributed by atoms with E-state index < -0.39 is 0 Å². The van der Waals surface area contributed by atoms with Crippen molar-refractivity contribution in [3.05, 3.63) is 82.4 Å². The van der Waals surface area contributed by atoms with Gasteiger partial charge in [0.25, 0.3) is 0 Å². The smallest absolute Gasteiger partial charge is 0.170 e. The number of para-hydroxylation sites is 1. The molecule has 2 aliphatic rings. The monoisotopic (exact) mass is 489 g/mol. The zero-order valence-corrected chi connectivity index (χ0v) is 21.9. The number of benzene rings is 1. The number of ether oxygens (including phenoxy) is 1. The van der Waals surface area contributed by atoms with Gasteiger partial charge in [-0.3, -0.25) is 9.88 Å². The highest BCUT2D eigenvalue weighted by atomic mass is 32.1. The summed E-state index contributed by atoms with van der Waals surface area (Å²) < 4.78 is 7.96. The first kappa shape index (κ1) is 24.0. The number of nitrogens with zero attached hydrogens (tertiary/aromatic N) is 4. The van der Waals surface area contributed by atoms with Gasteiger partial charge in [0.15, 0.2) is 5.11 Å². The molecular weight excluding hydrogens is 454 g/mol. The van der Waals surface area contributed by atoms with Crippen LogP contribution in [0, 0.1) is 27.7 Å². The summed E-state index contributed by atoms with van der Waals surface area (Å²) >= 11 is 5.92. The number of aryl methyl sites for hydroxylation is 3. The molecule has 0 amide bonds. The molecule has 2 aromatic heterocycles. The van der Waals surface area contributed by atoms with E-state index in [9.17, 15) is 0 Å². The Kier molecular flexibility index (Phi) is 6.91. The largest absolute Gasteiger partial charge is 0.379 e. The zero-order valence-electron chi connectivity index (χ0n) is 21.1. The zero-order chi connectivity index (χ0) is 24.5. The van der Waals surface area contributed by atoms with Crippen molar-refractivity contribution in [3.63, 3.8) is 0 Å². The van der Waals surface area contributed by atoms with Crippen LogP contribution in [0.2, 0.25) is 0 Å². The molecule has 7 heteroatoms. The predicted molar refractivity (Wildman–Crippen MR) is 144 cm³/mol. The Morgan fingerprint density at radius 3 is 2.43 bits per heavy atom. The fourth-order valence-corrected chi connectivity index (χ4v) is 5.98. The van der Waals surface area contributed by atoms with Gasteiger partial charge in [-0.25, -0.2) is 0 Å². The summed E-state index contributed by atoms with van der Waals surface area (Å²) in [7, 11) is 0. The van der Waals surface area contributed by atoms with Gasteiger partial charge in [0.2, 0.25) is 0 Å². The van der Waals surface area contributed by atoms with Gasteiger partial charge in [-0.1, -0.05) is 24.3 Å². The molecule has 35 heavy (non-hydrogen) atoms. The van der Waals surface area contributed by atoms with E-state index in [-0.39, 0.29) is 12.1 Å². The molecule has 0 bridgehead atoms. The molecule has 2 saturated heterocycles. The lowest BCUT2D eigenvalue weighted by Crippen LogP contribution is -2.42. The van der Waals surface area contributed by atoms with E-state index in [2.05, 4.69) is 83.8 Å². The van der Waals surface area contributed by atoms with Crippen LogP contribution >= 0.6 is 12.2 Å².